The fraction of sp³-hybridized carbons (Fsp3) is 0.214. The summed E-state index contributed by atoms with van der Waals surface area (Å²) in [6.45, 7) is 7.87. The van der Waals surface area contributed by atoms with E-state index in [1.807, 2.05) is 39.8 Å². The van der Waals surface area contributed by atoms with Gasteiger partial charge in [-0.3, -0.25) is 14.4 Å². The molecule has 0 bridgehead atoms. The second kappa shape index (κ2) is 13.3. The first-order valence-electron chi connectivity index (χ1n) is 11.8. The number of amides is 3. The van der Waals surface area contributed by atoms with Gasteiger partial charge in [-0.05, 0) is 80.8 Å². The maximum absolute atomic E-state index is 12.5. The van der Waals surface area contributed by atoms with Crippen molar-refractivity contribution in [1.82, 2.24) is 5.43 Å². The molecule has 3 aromatic carbocycles. The van der Waals surface area contributed by atoms with Crippen molar-refractivity contribution in [2.24, 2.45) is 5.10 Å². The highest BCUT2D eigenvalue weighted by molar-refractivity contribution is 6.39. The zero-order chi connectivity index (χ0) is 27.7. The number of carbonyl (C=O) groups is 3. The molecule has 9 nitrogen and oxygen atoms in total. The molecule has 0 radical (unpaired) electrons. The standard InChI is InChI=1S/C28H29ClN4O5/c1-5-37-24-13-20(15-30-33-28(36)27(35)31-22-8-6-7-21(29)14-22)9-10-23(24)38-16-25(34)32-26-18(3)11-17(2)12-19(26)4/h6-15H,5,16H2,1-4H3,(H,31,35)(H,32,34)(H,33,36)/b30-15-. The Labute approximate surface area is 226 Å². The predicted molar refractivity (Wildman–Crippen MR) is 148 cm³/mol. The van der Waals surface area contributed by atoms with E-state index in [0.717, 1.165) is 22.4 Å². The SMILES string of the molecule is CCOc1cc(/C=N\NC(=O)C(=O)Nc2cccc(Cl)c2)ccc1OCC(=O)Nc1c(C)cc(C)cc1C. The number of rotatable bonds is 9. The minimum atomic E-state index is -0.948. The van der Waals surface area contributed by atoms with Gasteiger partial charge in [0.05, 0.1) is 12.8 Å². The molecule has 198 valence electrons. The van der Waals surface area contributed by atoms with Gasteiger partial charge in [0.2, 0.25) is 0 Å². The molecule has 0 fully saturated rings. The van der Waals surface area contributed by atoms with Crippen LogP contribution in [0.1, 0.15) is 29.2 Å². The van der Waals surface area contributed by atoms with Gasteiger partial charge in [0.1, 0.15) is 0 Å². The van der Waals surface area contributed by atoms with E-state index in [4.69, 9.17) is 21.1 Å². The van der Waals surface area contributed by atoms with Gasteiger partial charge < -0.3 is 20.1 Å². The average Bonchev–Trinajstić information content (AvgIpc) is 2.86. The second-order valence-electron chi connectivity index (χ2n) is 8.41. The number of nitrogens with zero attached hydrogens (tertiary/aromatic N) is 1. The predicted octanol–water partition coefficient (Wildman–Crippen LogP) is 4.77. The van der Waals surface area contributed by atoms with Crippen molar-refractivity contribution in [1.29, 1.82) is 0 Å². The topological polar surface area (TPSA) is 118 Å². The van der Waals surface area contributed by atoms with E-state index >= 15 is 0 Å². The number of carbonyl (C=O) groups excluding carboxylic acids is 3. The van der Waals surface area contributed by atoms with Crippen molar-refractivity contribution in [3.05, 3.63) is 81.9 Å². The zero-order valence-corrected chi connectivity index (χ0v) is 22.3. The highest BCUT2D eigenvalue weighted by Crippen LogP contribution is 2.28. The summed E-state index contributed by atoms with van der Waals surface area (Å²) in [5.74, 6) is -1.36. The molecule has 0 aliphatic rings. The van der Waals surface area contributed by atoms with Crippen LogP contribution in [0.3, 0.4) is 0 Å². The summed E-state index contributed by atoms with van der Waals surface area (Å²) >= 11 is 5.88. The van der Waals surface area contributed by atoms with E-state index < -0.39 is 11.8 Å². The molecule has 3 aromatic rings. The number of ether oxygens (including phenoxy) is 2. The Bertz CT molecular complexity index is 1350. The quantitative estimate of drug-likeness (QED) is 0.207. The van der Waals surface area contributed by atoms with Crippen LogP contribution >= 0.6 is 11.6 Å². The van der Waals surface area contributed by atoms with Crippen LogP contribution in [-0.4, -0.2) is 37.1 Å². The van der Waals surface area contributed by atoms with Crippen LogP contribution in [0.15, 0.2) is 59.7 Å². The van der Waals surface area contributed by atoms with Crippen molar-refractivity contribution < 1.29 is 23.9 Å². The number of hydrazone groups is 1. The fourth-order valence-electron chi connectivity index (χ4n) is 3.66. The Morgan fingerprint density at radius 2 is 1.63 bits per heavy atom. The summed E-state index contributed by atoms with van der Waals surface area (Å²) in [6, 6.07) is 15.4. The first kappa shape index (κ1) is 28.2. The largest absolute Gasteiger partial charge is 0.490 e. The maximum atomic E-state index is 12.5. The molecule has 3 N–H and O–H groups in total. The molecule has 0 spiro atoms. The van der Waals surface area contributed by atoms with E-state index in [9.17, 15) is 14.4 Å². The van der Waals surface area contributed by atoms with Crippen molar-refractivity contribution in [3.8, 4) is 11.5 Å². The molecule has 0 unspecified atom stereocenters. The van der Waals surface area contributed by atoms with Gasteiger partial charge in [0.15, 0.2) is 18.1 Å². The number of hydrogen-bond acceptors (Lipinski definition) is 6. The summed E-state index contributed by atoms with van der Waals surface area (Å²) in [6.07, 6.45) is 1.35. The maximum Gasteiger partial charge on any atom is 0.329 e. The summed E-state index contributed by atoms with van der Waals surface area (Å²) in [7, 11) is 0. The van der Waals surface area contributed by atoms with Crippen LogP contribution in [-0.2, 0) is 14.4 Å². The van der Waals surface area contributed by atoms with Crippen LogP contribution in [0.25, 0.3) is 0 Å². The van der Waals surface area contributed by atoms with Crippen LogP contribution in [0.2, 0.25) is 5.02 Å². The van der Waals surface area contributed by atoms with Crippen molar-refractivity contribution in [2.45, 2.75) is 27.7 Å². The van der Waals surface area contributed by atoms with Crippen molar-refractivity contribution in [3.63, 3.8) is 0 Å². The fourth-order valence-corrected chi connectivity index (χ4v) is 3.85. The van der Waals surface area contributed by atoms with E-state index in [2.05, 4.69) is 21.2 Å². The van der Waals surface area contributed by atoms with Gasteiger partial charge in [-0.1, -0.05) is 35.4 Å². The number of aryl methyl sites for hydroxylation is 3. The molecule has 0 heterocycles. The molecule has 38 heavy (non-hydrogen) atoms. The Kier molecular flexibility index (Phi) is 9.84. The van der Waals surface area contributed by atoms with Crippen LogP contribution in [0.4, 0.5) is 11.4 Å². The summed E-state index contributed by atoms with van der Waals surface area (Å²) in [4.78, 5) is 36.6. The third-order valence-corrected chi connectivity index (χ3v) is 5.47. The van der Waals surface area contributed by atoms with Crippen LogP contribution in [0.5, 0.6) is 11.5 Å². The Hall–Kier alpha value is -4.37. The van der Waals surface area contributed by atoms with Crippen LogP contribution in [0, 0.1) is 20.8 Å². The van der Waals surface area contributed by atoms with Gasteiger partial charge in [-0.25, -0.2) is 5.43 Å². The van der Waals surface area contributed by atoms with E-state index in [0.29, 0.717) is 34.4 Å². The average molecular weight is 537 g/mol. The number of anilines is 2. The normalized spacial score (nSPS) is 10.7. The molecule has 0 saturated heterocycles. The smallest absolute Gasteiger partial charge is 0.329 e. The Morgan fingerprint density at radius 1 is 0.895 bits per heavy atom. The van der Waals surface area contributed by atoms with E-state index in [1.54, 1.807) is 36.4 Å². The highest BCUT2D eigenvalue weighted by Gasteiger charge is 2.14. The lowest BCUT2D eigenvalue weighted by atomic mass is 10.1. The summed E-state index contributed by atoms with van der Waals surface area (Å²) < 4.78 is 11.3. The minimum absolute atomic E-state index is 0.210. The van der Waals surface area contributed by atoms with Gasteiger partial charge in [-0.2, -0.15) is 5.10 Å². The molecule has 10 heteroatoms. The number of benzene rings is 3. The Morgan fingerprint density at radius 3 is 2.32 bits per heavy atom. The van der Waals surface area contributed by atoms with Gasteiger partial charge >= 0.3 is 11.8 Å². The highest BCUT2D eigenvalue weighted by atomic mass is 35.5. The molecular weight excluding hydrogens is 508 g/mol. The summed E-state index contributed by atoms with van der Waals surface area (Å²) in [5.41, 5.74) is 6.97. The van der Waals surface area contributed by atoms with Gasteiger partial charge in [0.25, 0.3) is 5.91 Å². The van der Waals surface area contributed by atoms with Gasteiger partial charge in [-0.15, -0.1) is 0 Å². The second-order valence-corrected chi connectivity index (χ2v) is 8.85. The van der Waals surface area contributed by atoms with Crippen LogP contribution < -0.4 is 25.5 Å². The van der Waals surface area contributed by atoms with Gasteiger partial charge in [0, 0.05) is 16.4 Å². The molecule has 0 atom stereocenters. The molecule has 3 rings (SSSR count). The lowest BCUT2D eigenvalue weighted by Gasteiger charge is -2.15. The lowest BCUT2D eigenvalue weighted by molar-refractivity contribution is -0.136. The van der Waals surface area contributed by atoms with E-state index in [1.165, 1.54) is 12.3 Å². The minimum Gasteiger partial charge on any atom is -0.490 e. The lowest BCUT2D eigenvalue weighted by Crippen LogP contribution is -2.32. The molecule has 0 aromatic heterocycles. The van der Waals surface area contributed by atoms with E-state index in [-0.39, 0.29) is 12.5 Å². The Balaban J connectivity index is 1.58. The third-order valence-electron chi connectivity index (χ3n) is 5.24. The first-order chi connectivity index (χ1) is 18.2. The molecular formula is C28H29ClN4O5. The number of halogens is 1. The third kappa shape index (κ3) is 8.07. The number of hydrogen-bond donors (Lipinski definition) is 3. The molecule has 0 aliphatic heterocycles. The van der Waals surface area contributed by atoms with Crippen molar-refractivity contribution in [2.75, 3.05) is 23.8 Å². The molecule has 0 saturated carbocycles. The van der Waals surface area contributed by atoms with Crippen molar-refractivity contribution >= 4 is 46.9 Å². The first-order valence-corrected chi connectivity index (χ1v) is 12.2. The molecule has 3 amide bonds. The summed E-state index contributed by atoms with van der Waals surface area (Å²) in [5, 5.41) is 9.58. The molecule has 0 aliphatic carbocycles. The zero-order valence-electron chi connectivity index (χ0n) is 21.6. The monoisotopic (exact) mass is 536 g/mol. The number of nitrogens with one attached hydrogen (secondary N) is 3.